The van der Waals surface area contributed by atoms with Crippen LogP contribution in [0.15, 0.2) is 12.3 Å². The van der Waals surface area contributed by atoms with Gasteiger partial charge in [-0.3, -0.25) is 0 Å². The summed E-state index contributed by atoms with van der Waals surface area (Å²) in [6.07, 6.45) is 2.96. The lowest BCUT2D eigenvalue weighted by Gasteiger charge is -1.94. The minimum absolute atomic E-state index is 0.269. The number of cyclic esters (lactones) is 1. The van der Waals surface area contributed by atoms with E-state index in [0.717, 1.165) is 0 Å². The second-order valence-electron chi connectivity index (χ2n) is 1.45. The molecule has 44 valence electrons. The van der Waals surface area contributed by atoms with E-state index in [1.165, 1.54) is 6.08 Å². The average molecular weight is 113 g/mol. The van der Waals surface area contributed by atoms with Crippen molar-refractivity contribution in [2.45, 2.75) is 0 Å². The third-order valence-electron chi connectivity index (χ3n) is 0.828. The van der Waals surface area contributed by atoms with Gasteiger partial charge in [-0.05, 0) is 0 Å². The van der Waals surface area contributed by atoms with Gasteiger partial charge >= 0.3 is 5.97 Å². The number of esters is 1. The molecule has 0 saturated carbocycles. The van der Waals surface area contributed by atoms with Crippen LogP contribution >= 0.6 is 0 Å². The lowest BCUT2D eigenvalue weighted by atomic mass is 10.6. The number of ether oxygens (including phenoxy) is 1. The Morgan fingerprint density at radius 1 is 1.75 bits per heavy atom. The van der Waals surface area contributed by atoms with Crippen LogP contribution in [0.5, 0.6) is 0 Å². The van der Waals surface area contributed by atoms with Crippen molar-refractivity contribution in [3.63, 3.8) is 0 Å². The van der Waals surface area contributed by atoms with Crippen LogP contribution in [0.3, 0.4) is 0 Å². The Morgan fingerprint density at radius 2 is 2.62 bits per heavy atom. The van der Waals surface area contributed by atoms with Crippen LogP contribution in [-0.2, 0) is 9.53 Å². The molecule has 1 aliphatic rings. The van der Waals surface area contributed by atoms with Gasteiger partial charge < -0.3 is 10.1 Å². The summed E-state index contributed by atoms with van der Waals surface area (Å²) in [5.74, 6) is -0.269. The molecule has 0 amide bonds. The van der Waals surface area contributed by atoms with Crippen molar-refractivity contribution in [2.24, 2.45) is 0 Å². The number of hydrogen-bond donors (Lipinski definition) is 1. The van der Waals surface area contributed by atoms with Gasteiger partial charge in [-0.1, -0.05) is 0 Å². The van der Waals surface area contributed by atoms with Crippen molar-refractivity contribution in [3.05, 3.63) is 12.3 Å². The molecule has 1 heterocycles. The lowest BCUT2D eigenvalue weighted by molar-refractivity contribution is -0.137. The van der Waals surface area contributed by atoms with Gasteiger partial charge in [0.05, 0.1) is 0 Å². The van der Waals surface area contributed by atoms with Gasteiger partial charge in [0, 0.05) is 18.8 Å². The monoisotopic (exact) mass is 113 g/mol. The normalized spacial score (nSPS) is 18.8. The first-order valence-electron chi connectivity index (χ1n) is 2.46. The van der Waals surface area contributed by atoms with Crippen LogP contribution in [0.1, 0.15) is 0 Å². The maximum atomic E-state index is 10.3. The Labute approximate surface area is 47.3 Å². The Bertz CT molecular complexity index is 120. The first-order chi connectivity index (χ1) is 3.89. The minimum atomic E-state index is -0.269. The number of hydrogen-bond acceptors (Lipinski definition) is 3. The molecule has 3 nitrogen and oxygen atoms in total. The summed E-state index contributed by atoms with van der Waals surface area (Å²) < 4.78 is 4.61. The molecule has 0 unspecified atom stereocenters. The van der Waals surface area contributed by atoms with Crippen molar-refractivity contribution in [1.82, 2.24) is 5.32 Å². The van der Waals surface area contributed by atoms with E-state index in [0.29, 0.717) is 13.2 Å². The number of nitrogens with one attached hydrogen (secondary N) is 1. The van der Waals surface area contributed by atoms with Crippen molar-refractivity contribution in [1.29, 1.82) is 0 Å². The molecule has 1 aliphatic heterocycles. The Hall–Kier alpha value is -0.990. The molecule has 0 aromatic carbocycles. The molecule has 0 aromatic heterocycles. The highest BCUT2D eigenvalue weighted by molar-refractivity contribution is 5.81. The number of rotatable bonds is 0. The number of carbonyl (C=O) groups is 1. The molecule has 3 heteroatoms. The van der Waals surface area contributed by atoms with Gasteiger partial charge in [0.25, 0.3) is 0 Å². The SMILES string of the molecule is O=C1C=CNCCO1. The van der Waals surface area contributed by atoms with Gasteiger partial charge in [0.2, 0.25) is 0 Å². The molecule has 1 N–H and O–H groups in total. The minimum Gasteiger partial charge on any atom is -0.461 e. The van der Waals surface area contributed by atoms with Gasteiger partial charge in [-0.25, -0.2) is 4.79 Å². The van der Waals surface area contributed by atoms with Gasteiger partial charge in [-0.15, -0.1) is 0 Å². The molecule has 0 spiro atoms. The molecule has 0 fully saturated rings. The van der Waals surface area contributed by atoms with E-state index in [-0.39, 0.29) is 5.97 Å². The highest BCUT2D eigenvalue weighted by Crippen LogP contribution is 1.83. The maximum Gasteiger partial charge on any atom is 0.332 e. The first-order valence-corrected chi connectivity index (χ1v) is 2.46. The standard InChI is InChI=1S/C5H7NO2/c7-5-1-2-6-3-4-8-5/h1-2,6H,3-4H2. The highest BCUT2D eigenvalue weighted by Gasteiger charge is 1.97. The van der Waals surface area contributed by atoms with Gasteiger partial charge in [0.15, 0.2) is 0 Å². The predicted octanol–water partition coefficient (Wildman–Crippen LogP) is -0.354. The van der Waals surface area contributed by atoms with Crippen LogP contribution in [0, 0.1) is 0 Å². The zero-order valence-electron chi connectivity index (χ0n) is 4.39. The summed E-state index contributed by atoms with van der Waals surface area (Å²) in [7, 11) is 0. The summed E-state index contributed by atoms with van der Waals surface area (Å²) >= 11 is 0. The van der Waals surface area contributed by atoms with E-state index < -0.39 is 0 Å². The Balaban J connectivity index is 2.44. The van der Waals surface area contributed by atoms with Gasteiger partial charge in [-0.2, -0.15) is 0 Å². The molecule has 1 rings (SSSR count). The molecular weight excluding hydrogens is 106 g/mol. The summed E-state index contributed by atoms with van der Waals surface area (Å²) in [4.78, 5) is 10.3. The topological polar surface area (TPSA) is 38.3 Å². The number of carbonyl (C=O) groups excluding carboxylic acids is 1. The highest BCUT2D eigenvalue weighted by atomic mass is 16.5. The third-order valence-corrected chi connectivity index (χ3v) is 0.828. The van der Waals surface area contributed by atoms with E-state index in [1.807, 2.05) is 0 Å². The second-order valence-corrected chi connectivity index (χ2v) is 1.45. The van der Waals surface area contributed by atoms with Crippen LogP contribution in [0.4, 0.5) is 0 Å². The summed E-state index contributed by atoms with van der Waals surface area (Å²) in [5, 5.41) is 2.85. The summed E-state index contributed by atoms with van der Waals surface area (Å²) in [6.45, 7) is 1.17. The maximum absolute atomic E-state index is 10.3. The zero-order valence-corrected chi connectivity index (χ0v) is 4.39. The van der Waals surface area contributed by atoms with Crippen molar-refractivity contribution < 1.29 is 9.53 Å². The molecular formula is C5H7NO2. The van der Waals surface area contributed by atoms with Crippen LogP contribution in [-0.4, -0.2) is 19.1 Å². The van der Waals surface area contributed by atoms with E-state index in [4.69, 9.17) is 0 Å². The van der Waals surface area contributed by atoms with E-state index >= 15 is 0 Å². The van der Waals surface area contributed by atoms with E-state index in [1.54, 1.807) is 6.20 Å². The first kappa shape index (κ1) is 5.15. The van der Waals surface area contributed by atoms with Crippen molar-refractivity contribution >= 4 is 5.97 Å². The van der Waals surface area contributed by atoms with E-state index in [9.17, 15) is 4.79 Å². The summed E-state index contributed by atoms with van der Waals surface area (Å²) in [6, 6.07) is 0. The Morgan fingerprint density at radius 3 is 3.50 bits per heavy atom. The molecule has 0 aliphatic carbocycles. The molecule has 8 heavy (non-hydrogen) atoms. The zero-order chi connectivity index (χ0) is 5.82. The van der Waals surface area contributed by atoms with Crippen LogP contribution in [0.2, 0.25) is 0 Å². The van der Waals surface area contributed by atoms with Gasteiger partial charge in [0.1, 0.15) is 6.61 Å². The smallest absolute Gasteiger partial charge is 0.332 e. The Kier molecular flexibility index (Phi) is 1.51. The van der Waals surface area contributed by atoms with Crippen molar-refractivity contribution in [3.8, 4) is 0 Å². The summed E-state index contributed by atoms with van der Waals surface area (Å²) in [5.41, 5.74) is 0. The second kappa shape index (κ2) is 2.35. The molecule has 0 aromatic rings. The quantitative estimate of drug-likeness (QED) is 0.436. The van der Waals surface area contributed by atoms with E-state index in [2.05, 4.69) is 10.1 Å². The lowest BCUT2D eigenvalue weighted by Crippen LogP contribution is -2.10. The molecule has 0 radical (unpaired) electrons. The predicted molar refractivity (Wildman–Crippen MR) is 28.1 cm³/mol. The molecule has 0 saturated heterocycles. The van der Waals surface area contributed by atoms with Crippen molar-refractivity contribution in [2.75, 3.05) is 13.2 Å². The van der Waals surface area contributed by atoms with Crippen LogP contribution < -0.4 is 5.32 Å². The van der Waals surface area contributed by atoms with Crippen LogP contribution in [0.25, 0.3) is 0 Å². The molecule has 0 atom stereocenters. The fraction of sp³-hybridized carbons (Fsp3) is 0.400. The fourth-order valence-corrected chi connectivity index (χ4v) is 0.469. The third kappa shape index (κ3) is 1.26. The largest absolute Gasteiger partial charge is 0.461 e. The fourth-order valence-electron chi connectivity index (χ4n) is 0.469. The molecule has 0 bridgehead atoms. The average Bonchev–Trinajstić information content (AvgIpc) is 1.94.